The van der Waals surface area contributed by atoms with Crippen molar-refractivity contribution in [2.45, 2.75) is 36.8 Å². The monoisotopic (exact) mass is 481 g/mol. The van der Waals surface area contributed by atoms with Gasteiger partial charge in [0.15, 0.2) is 0 Å². The topological polar surface area (TPSA) is 78.0 Å². The molecule has 7 nitrogen and oxygen atoms in total. The van der Waals surface area contributed by atoms with Crippen molar-refractivity contribution in [1.29, 1.82) is 0 Å². The van der Waals surface area contributed by atoms with Gasteiger partial charge in [0.1, 0.15) is 4.90 Å². The molecule has 0 aliphatic carbocycles. The first-order chi connectivity index (χ1) is 14.5. The van der Waals surface area contributed by atoms with Gasteiger partial charge in [-0.1, -0.05) is 18.0 Å². The molecule has 172 valence electrons. The molecule has 2 aliphatic heterocycles. The SMILES string of the molecule is O=C(CN1CCCCCC1=O)N1CCN(S(=O)(=O)c2cc(C(F)(F)F)ccc2Cl)CC1. The summed E-state index contributed by atoms with van der Waals surface area (Å²) >= 11 is 5.89. The number of likely N-dealkylation sites (tertiary alicyclic amines) is 1. The Morgan fingerprint density at radius 2 is 1.71 bits per heavy atom. The summed E-state index contributed by atoms with van der Waals surface area (Å²) in [6.07, 6.45) is -1.71. The summed E-state index contributed by atoms with van der Waals surface area (Å²) in [7, 11) is -4.27. The van der Waals surface area contributed by atoms with Gasteiger partial charge in [-0.3, -0.25) is 9.59 Å². The van der Waals surface area contributed by atoms with E-state index in [0.29, 0.717) is 19.0 Å². The second kappa shape index (κ2) is 9.33. The lowest BCUT2D eigenvalue weighted by Crippen LogP contribution is -2.53. The molecule has 1 aromatic rings. The molecular weight excluding hydrogens is 459 g/mol. The van der Waals surface area contributed by atoms with Crippen LogP contribution in [0.15, 0.2) is 23.1 Å². The molecule has 0 bridgehead atoms. The van der Waals surface area contributed by atoms with Crippen LogP contribution < -0.4 is 0 Å². The van der Waals surface area contributed by atoms with Crippen molar-refractivity contribution >= 4 is 33.4 Å². The van der Waals surface area contributed by atoms with E-state index in [9.17, 15) is 31.2 Å². The number of piperazine rings is 1. The van der Waals surface area contributed by atoms with E-state index < -0.39 is 26.7 Å². The summed E-state index contributed by atoms with van der Waals surface area (Å²) in [4.78, 5) is 27.0. The molecule has 12 heteroatoms. The van der Waals surface area contributed by atoms with Crippen LogP contribution in [0.5, 0.6) is 0 Å². The maximum Gasteiger partial charge on any atom is 0.416 e. The van der Waals surface area contributed by atoms with Gasteiger partial charge in [0.25, 0.3) is 0 Å². The Hall–Kier alpha value is -1.85. The van der Waals surface area contributed by atoms with Crippen molar-refractivity contribution < 1.29 is 31.2 Å². The van der Waals surface area contributed by atoms with Crippen molar-refractivity contribution in [2.24, 2.45) is 0 Å². The molecule has 2 fully saturated rings. The van der Waals surface area contributed by atoms with E-state index in [-0.39, 0.29) is 49.6 Å². The molecule has 1 aromatic carbocycles. The zero-order valence-corrected chi connectivity index (χ0v) is 18.3. The number of benzene rings is 1. The fourth-order valence-electron chi connectivity index (χ4n) is 3.66. The summed E-state index contributed by atoms with van der Waals surface area (Å²) in [6.45, 7) is 0.481. The highest BCUT2D eigenvalue weighted by atomic mass is 35.5. The van der Waals surface area contributed by atoms with Gasteiger partial charge < -0.3 is 9.80 Å². The van der Waals surface area contributed by atoms with E-state index in [4.69, 9.17) is 11.6 Å². The average molecular weight is 482 g/mol. The molecule has 0 saturated carbocycles. The van der Waals surface area contributed by atoms with E-state index in [2.05, 4.69) is 0 Å². The lowest BCUT2D eigenvalue weighted by molar-refractivity contribution is -0.140. The van der Waals surface area contributed by atoms with Crippen LogP contribution in [0, 0.1) is 0 Å². The number of alkyl halides is 3. The highest BCUT2D eigenvalue weighted by Gasteiger charge is 2.36. The van der Waals surface area contributed by atoms with Crippen LogP contribution in [0.1, 0.15) is 31.2 Å². The molecule has 31 heavy (non-hydrogen) atoms. The van der Waals surface area contributed by atoms with E-state index in [1.165, 1.54) is 9.80 Å². The second-order valence-electron chi connectivity index (χ2n) is 7.55. The Morgan fingerprint density at radius 1 is 1.03 bits per heavy atom. The number of carbonyl (C=O) groups is 2. The molecule has 2 amide bonds. The van der Waals surface area contributed by atoms with Crippen LogP contribution >= 0.6 is 11.6 Å². The summed E-state index contributed by atoms with van der Waals surface area (Å²) < 4.78 is 65.8. The fraction of sp³-hybridized carbons (Fsp3) is 0.579. The highest BCUT2D eigenvalue weighted by Crippen LogP contribution is 2.34. The average Bonchev–Trinajstić information content (AvgIpc) is 2.91. The van der Waals surface area contributed by atoms with Gasteiger partial charge in [-0.2, -0.15) is 17.5 Å². The molecule has 2 aliphatic rings. The standard InChI is InChI=1S/C19H23ClF3N3O4S/c20-15-6-5-14(19(21,22)23)12-16(15)31(29,30)26-10-8-24(9-11-26)18(28)13-25-7-3-1-2-4-17(25)27/h5-6,12H,1-4,7-11,13H2. The van der Waals surface area contributed by atoms with Crippen molar-refractivity contribution in [3.63, 3.8) is 0 Å². The molecule has 0 radical (unpaired) electrons. The normalized spacial score (nSPS) is 19.4. The highest BCUT2D eigenvalue weighted by molar-refractivity contribution is 7.89. The van der Waals surface area contributed by atoms with Gasteiger partial charge in [-0.05, 0) is 31.0 Å². The predicted octanol–water partition coefficient (Wildman–Crippen LogP) is 2.59. The third-order valence-corrected chi connectivity index (χ3v) is 7.85. The quantitative estimate of drug-likeness (QED) is 0.662. The Labute approximate surface area is 183 Å². The minimum Gasteiger partial charge on any atom is -0.339 e. The van der Waals surface area contributed by atoms with E-state index in [1.807, 2.05) is 0 Å². The minimum atomic E-state index is -4.70. The zero-order chi connectivity index (χ0) is 22.8. The largest absolute Gasteiger partial charge is 0.416 e. The van der Waals surface area contributed by atoms with Crippen LogP contribution in [0.2, 0.25) is 5.02 Å². The predicted molar refractivity (Wildman–Crippen MR) is 107 cm³/mol. The van der Waals surface area contributed by atoms with Crippen molar-refractivity contribution in [1.82, 2.24) is 14.1 Å². The zero-order valence-electron chi connectivity index (χ0n) is 16.7. The van der Waals surface area contributed by atoms with Crippen LogP contribution in [0.25, 0.3) is 0 Å². The maximum absolute atomic E-state index is 13.0. The molecule has 0 unspecified atom stereocenters. The van der Waals surface area contributed by atoms with Crippen LogP contribution in [-0.2, 0) is 25.8 Å². The summed E-state index contributed by atoms with van der Waals surface area (Å²) in [5.41, 5.74) is -1.11. The van der Waals surface area contributed by atoms with Crippen LogP contribution in [0.3, 0.4) is 0 Å². The number of amides is 2. The van der Waals surface area contributed by atoms with E-state index in [0.717, 1.165) is 35.7 Å². The molecule has 2 saturated heterocycles. The Balaban J connectivity index is 1.66. The van der Waals surface area contributed by atoms with Gasteiger partial charge in [-0.25, -0.2) is 8.42 Å². The minimum absolute atomic E-state index is 0.0506. The van der Waals surface area contributed by atoms with Gasteiger partial charge in [-0.15, -0.1) is 0 Å². The number of halogens is 4. The first-order valence-electron chi connectivity index (χ1n) is 9.92. The van der Waals surface area contributed by atoms with Crippen molar-refractivity contribution in [3.05, 3.63) is 28.8 Å². The van der Waals surface area contributed by atoms with Gasteiger partial charge in [0, 0.05) is 39.1 Å². The number of hydrogen-bond acceptors (Lipinski definition) is 4. The number of sulfonamides is 1. The Morgan fingerprint density at radius 3 is 2.35 bits per heavy atom. The smallest absolute Gasteiger partial charge is 0.339 e. The molecular formula is C19H23ClF3N3O4S. The third kappa shape index (κ3) is 5.50. The lowest BCUT2D eigenvalue weighted by atomic mass is 10.2. The first kappa shape index (κ1) is 23.8. The number of nitrogens with zero attached hydrogens (tertiary/aromatic N) is 3. The summed E-state index contributed by atoms with van der Waals surface area (Å²) in [5, 5.41) is -0.300. The molecule has 2 heterocycles. The molecule has 0 spiro atoms. The molecule has 3 rings (SSSR count). The maximum atomic E-state index is 13.0. The first-order valence-corrected chi connectivity index (χ1v) is 11.7. The van der Waals surface area contributed by atoms with Gasteiger partial charge in [0.05, 0.1) is 17.1 Å². The third-order valence-electron chi connectivity index (χ3n) is 5.47. The number of carbonyl (C=O) groups excluding carboxylic acids is 2. The summed E-state index contributed by atoms with van der Waals surface area (Å²) in [5.74, 6) is -0.337. The van der Waals surface area contributed by atoms with Crippen molar-refractivity contribution in [2.75, 3.05) is 39.3 Å². The van der Waals surface area contributed by atoms with Crippen LogP contribution in [0.4, 0.5) is 13.2 Å². The van der Waals surface area contributed by atoms with Crippen molar-refractivity contribution in [3.8, 4) is 0 Å². The number of hydrogen-bond donors (Lipinski definition) is 0. The molecule has 0 atom stereocenters. The summed E-state index contributed by atoms with van der Waals surface area (Å²) in [6, 6.07) is 2.16. The Bertz CT molecular complexity index is 947. The molecule has 0 aromatic heterocycles. The lowest BCUT2D eigenvalue weighted by Gasteiger charge is -2.35. The fourth-order valence-corrected chi connectivity index (χ4v) is 5.59. The second-order valence-corrected chi connectivity index (χ2v) is 9.87. The van der Waals surface area contributed by atoms with Crippen LogP contribution in [-0.4, -0.2) is 73.6 Å². The van der Waals surface area contributed by atoms with E-state index in [1.54, 1.807) is 0 Å². The van der Waals surface area contributed by atoms with E-state index >= 15 is 0 Å². The molecule has 0 N–H and O–H groups in total. The van der Waals surface area contributed by atoms with Gasteiger partial charge >= 0.3 is 6.18 Å². The van der Waals surface area contributed by atoms with Gasteiger partial charge in [0.2, 0.25) is 21.8 Å². The number of rotatable bonds is 4. The Kier molecular flexibility index (Phi) is 7.17.